The predicted molar refractivity (Wildman–Crippen MR) is 104 cm³/mol. The van der Waals surface area contributed by atoms with E-state index in [9.17, 15) is 0 Å². The van der Waals surface area contributed by atoms with Crippen molar-refractivity contribution in [3.05, 3.63) is 67.2 Å². The first kappa shape index (κ1) is 14.3. The lowest BCUT2D eigenvalue weighted by Gasteiger charge is -1.97. The normalized spacial score (nSPS) is 11.7. The number of nitrogens with one attached hydrogen (secondary N) is 2. The van der Waals surface area contributed by atoms with Crippen LogP contribution >= 0.6 is 0 Å². The largest absolute Gasteiger partial charge is 0.446 e. The van der Waals surface area contributed by atoms with Gasteiger partial charge < -0.3 is 14.4 Å². The molecule has 2 N–H and O–H groups in total. The molecule has 6 heterocycles. The van der Waals surface area contributed by atoms with Crippen molar-refractivity contribution in [1.82, 2.24) is 24.9 Å². The smallest absolute Gasteiger partial charge is 0.225 e. The lowest BCUT2D eigenvalue weighted by Crippen LogP contribution is -1.84. The van der Waals surface area contributed by atoms with Gasteiger partial charge in [-0.2, -0.15) is 0 Å². The van der Waals surface area contributed by atoms with Crippen molar-refractivity contribution in [2.75, 3.05) is 0 Å². The van der Waals surface area contributed by atoms with Crippen LogP contribution in [0.5, 0.6) is 0 Å². The Labute approximate surface area is 152 Å². The second-order valence-corrected chi connectivity index (χ2v) is 6.48. The van der Waals surface area contributed by atoms with E-state index in [1.54, 1.807) is 18.7 Å². The Balaban J connectivity index is 1.46. The van der Waals surface area contributed by atoms with E-state index in [4.69, 9.17) is 9.40 Å². The fourth-order valence-electron chi connectivity index (χ4n) is 3.41. The van der Waals surface area contributed by atoms with Gasteiger partial charge in [-0.25, -0.2) is 9.97 Å². The zero-order valence-corrected chi connectivity index (χ0v) is 14.1. The summed E-state index contributed by atoms with van der Waals surface area (Å²) in [6.45, 7) is 0. The molecule has 0 fully saturated rings. The lowest BCUT2D eigenvalue weighted by atomic mass is 10.1. The molecule has 0 radical (unpaired) electrons. The Morgan fingerprint density at radius 3 is 2.81 bits per heavy atom. The van der Waals surface area contributed by atoms with Gasteiger partial charge in [-0.05, 0) is 48.5 Å². The van der Waals surface area contributed by atoms with Gasteiger partial charge in [0.15, 0.2) is 0 Å². The minimum absolute atomic E-state index is 0.641. The van der Waals surface area contributed by atoms with Crippen LogP contribution in [0.2, 0.25) is 0 Å². The molecule has 0 atom stereocenters. The molecule has 0 unspecified atom stereocenters. The Morgan fingerprint density at radius 1 is 0.852 bits per heavy atom. The Kier molecular flexibility index (Phi) is 2.79. The highest BCUT2D eigenvalue weighted by Gasteiger charge is 2.10. The van der Waals surface area contributed by atoms with Crippen LogP contribution in [0, 0.1) is 0 Å². The number of rotatable bonds is 2. The van der Waals surface area contributed by atoms with Crippen molar-refractivity contribution in [3.63, 3.8) is 0 Å². The van der Waals surface area contributed by atoms with E-state index in [0.29, 0.717) is 5.71 Å². The van der Waals surface area contributed by atoms with Crippen LogP contribution in [-0.2, 0) is 0 Å². The Bertz CT molecular complexity index is 1410. The molecular formula is C21H13N5O. The first-order chi connectivity index (χ1) is 13.3. The van der Waals surface area contributed by atoms with Crippen LogP contribution in [0.15, 0.2) is 71.6 Å². The van der Waals surface area contributed by atoms with Crippen molar-refractivity contribution < 1.29 is 4.42 Å². The number of hydrogen-bond acceptors (Lipinski definition) is 4. The van der Waals surface area contributed by atoms with Crippen molar-refractivity contribution in [3.8, 4) is 22.6 Å². The molecule has 128 valence electrons. The van der Waals surface area contributed by atoms with Crippen molar-refractivity contribution in [2.24, 2.45) is 0 Å². The standard InChI is InChI=1S/C21H13N5O/c1-2-15-18(22-6-1)10-19(24-15)16-4-3-12-9-17(26-20(12)25-16)14-8-13-5-7-27-21(13)23-11-14/h1-11,24H,(H,25,26). The second-order valence-electron chi connectivity index (χ2n) is 6.48. The van der Waals surface area contributed by atoms with Gasteiger partial charge >= 0.3 is 0 Å². The molecule has 0 amide bonds. The third kappa shape index (κ3) is 2.23. The van der Waals surface area contributed by atoms with Gasteiger partial charge in [0.05, 0.1) is 28.7 Å². The summed E-state index contributed by atoms with van der Waals surface area (Å²) in [4.78, 5) is 20.3. The zero-order valence-electron chi connectivity index (χ0n) is 14.1. The topological polar surface area (TPSA) is 83.4 Å². The van der Waals surface area contributed by atoms with Gasteiger partial charge in [0, 0.05) is 34.4 Å². The van der Waals surface area contributed by atoms with Crippen LogP contribution in [0.1, 0.15) is 0 Å². The highest BCUT2D eigenvalue weighted by atomic mass is 16.3. The number of aromatic nitrogens is 5. The summed E-state index contributed by atoms with van der Waals surface area (Å²) in [5, 5.41) is 2.03. The molecule has 0 aliphatic heterocycles. The van der Waals surface area contributed by atoms with Crippen molar-refractivity contribution in [1.29, 1.82) is 0 Å². The van der Waals surface area contributed by atoms with Gasteiger partial charge in [0.2, 0.25) is 5.71 Å². The molecule has 0 aromatic carbocycles. The summed E-state index contributed by atoms with van der Waals surface area (Å²) in [7, 11) is 0. The number of aromatic amines is 2. The molecule has 0 bridgehead atoms. The maximum Gasteiger partial charge on any atom is 0.225 e. The second kappa shape index (κ2) is 5.28. The minimum atomic E-state index is 0.641. The highest BCUT2D eigenvalue weighted by molar-refractivity contribution is 5.88. The van der Waals surface area contributed by atoms with Crippen LogP contribution < -0.4 is 0 Å². The summed E-state index contributed by atoms with van der Waals surface area (Å²) in [6.07, 6.45) is 5.25. The molecule has 0 aliphatic rings. The monoisotopic (exact) mass is 351 g/mol. The first-order valence-electron chi connectivity index (χ1n) is 8.61. The van der Waals surface area contributed by atoms with Crippen LogP contribution in [0.25, 0.3) is 55.8 Å². The van der Waals surface area contributed by atoms with Crippen LogP contribution in [-0.4, -0.2) is 24.9 Å². The number of furan rings is 1. The molecule has 6 heteroatoms. The zero-order chi connectivity index (χ0) is 17.8. The van der Waals surface area contributed by atoms with E-state index in [0.717, 1.165) is 50.1 Å². The molecule has 6 nitrogen and oxygen atoms in total. The number of hydrogen-bond donors (Lipinski definition) is 2. The molecule has 27 heavy (non-hydrogen) atoms. The maximum atomic E-state index is 5.32. The minimum Gasteiger partial charge on any atom is -0.446 e. The lowest BCUT2D eigenvalue weighted by molar-refractivity contribution is 0.603. The molecule has 6 aromatic rings. The van der Waals surface area contributed by atoms with Gasteiger partial charge in [-0.15, -0.1) is 0 Å². The van der Waals surface area contributed by atoms with E-state index in [2.05, 4.69) is 38.1 Å². The third-order valence-corrected chi connectivity index (χ3v) is 4.76. The van der Waals surface area contributed by atoms with E-state index in [-0.39, 0.29) is 0 Å². The maximum absolute atomic E-state index is 5.32. The molecule has 0 saturated carbocycles. The SMILES string of the molecule is c1cnc2cc(-c3ccc4cc(-c5cnc6occc6c5)[nH]c4n3)[nH]c2c1. The van der Waals surface area contributed by atoms with Crippen molar-refractivity contribution >= 4 is 33.2 Å². The number of pyridine rings is 3. The fraction of sp³-hybridized carbons (Fsp3) is 0. The fourth-order valence-corrected chi connectivity index (χ4v) is 3.41. The van der Waals surface area contributed by atoms with E-state index in [1.165, 1.54) is 0 Å². The van der Waals surface area contributed by atoms with Crippen molar-refractivity contribution in [2.45, 2.75) is 0 Å². The van der Waals surface area contributed by atoms with Crippen LogP contribution in [0.4, 0.5) is 0 Å². The van der Waals surface area contributed by atoms with Gasteiger partial charge in [-0.3, -0.25) is 4.98 Å². The number of nitrogens with zero attached hydrogens (tertiary/aromatic N) is 3. The summed E-state index contributed by atoms with van der Waals surface area (Å²) in [6, 6.07) is 16.1. The van der Waals surface area contributed by atoms with E-state index in [1.807, 2.05) is 30.3 Å². The summed E-state index contributed by atoms with van der Waals surface area (Å²) in [5.74, 6) is 0. The Morgan fingerprint density at radius 2 is 1.85 bits per heavy atom. The molecule has 6 aromatic heterocycles. The van der Waals surface area contributed by atoms with Gasteiger partial charge in [-0.1, -0.05) is 0 Å². The molecule has 0 aliphatic carbocycles. The number of H-pyrrole nitrogens is 2. The molecule has 0 spiro atoms. The summed E-state index contributed by atoms with van der Waals surface area (Å²) in [5.41, 5.74) is 7.20. The third-order valence-electron chi connectivity index (χ3n) is 4.76. The van der Waals surface area contributed by atoms with Crippen LogP contribution in [0.3, 0.4) is 0 Å². The summed E-state index contributed by atoms with van der Waals surface area (Å²) >= 11 is 0. The quantitative estimate of drug-likeness (QED) is 0.464. The van der Waals surface area contributed by atoms with Gasteiger partial charge in [0.1, 0.15) is 5.65 Å². The molecular weight excluding hydrogens is 338 g/mol. The Hall–Kier alpha value is -3.93. The predicted octanol–water partition coefficient (Wildman–Crippen LogP) is 4.91. The molecule has 0 saturated heterocycles. The first-order valence-corrected chi connectivity index (χ1v) is 8.61. The molecule has 6 rings (SSSR count). The van der Waals surface area contributed by atoms with Gasteiger partial charge in [0.25, 0.3) is 0 Å². The van der Waals surface area contributed by atoms with E-state index >= 15 is 0 Å². The average molecular weight is 351 g/mol. The highest BCUT2D eigenvalue weighted by Crippen LogP contribution is 2.28. The number of fused-ring (bicyclic) bond motifs is 3. The average Bonchev–Trinajstić information content (AvgIpc) is 3.42. The summed E-state index contributed by atoms with van der Waals surface area (Å²) < 4.78 is 5.32. The van der Waals surface area contributed by atoms with E-state index < -0.39 is 0 Å².